The molecule has 0 aliphatic rings. The largest absolute Gasteiger partial charge is 0.368 e. The van der Waals surface area contributed by atoms with E-state index < -0.39 is 0 Å². The number of para-hydroxylation sites is 1. The van der Waals surface area contributed by atoms with Crippen molar-refractivity contribution in [3.8, 4) is 0 Å². The lowest BCUT2D eigenvalue weighted by atomic mass is 10.1. The van der Waals surface area contributed by atoms with Crippen LogP contribution in [0, 0.1) is 0 Å². The van der Waals surface area contributed by atoms with E-state index in [1.807, 2.05) is 36.9 Å². The molecular formula is C16H26ClN3O. The Morgan fingerprint density at radius 2 is 2.00 bits per heavy atom. The van der Waals surface area contributed by atoms with Crippen LogP contribution >= 0.6 is 11.6 Å². The van der Waals surface area contributed by atoms with Gasteiger partial charge in [0.25, 0.3) is 0 Å². The highest BCUT2D eigenvalue weighted by Gasteiger charge is 2.20. The van der Waals surface area contributed by atoms with Gasteiger partial charge in [-0.1, -0.05) is 23.7 Å². The Balaban J connectivity index is 3.15. The first-order chi connectivity index (χ1) is 9.61. The van der Waals surface area contributed by atoms with Crippen molar-refractivity contribution in [2.75, 3.05) is 11.4 Å². The van der Waals surface area contributed by atoms with Crippen LogP contribution in [0.4, 0.5) is 5.69 Å². The predicted molar refractivity (Wildman–Crippen MR) is 89.7 cm³/mol. The minimum absolute atomic E-state index is 0.00589. The van der Waals surface area contributed by atoms with E-state index in [-0.39, 0.29) is 24.0 Å². The first-order valence-electron chi connectivity index (χ1n) is 7.19. The molecule has 0 bridgehead atoms. The summed E-state index contributed by atoms with van der Waals surface area (Å²) in [6, 6.07) is 5.92. The molecule has 0 saturated carbocycles. The molecule has 0 atom stereocenters. The number of nitrogens with two attached hydrogens (primary N) is 1. The summed E-state index contributed by atoms with van der Waals surface area (Å²) in [6.45, 7) is 11.2. The van der Waals surface area contributed by atoms with Crippen molar-refractivity contribution in [3.63, 3.8) is 0 Å². The van der Waals surface area contributed by atoms with Crippen molar-refractivity contribution in [2.45, 2.75) is 52.7 Å². The molecule has 4 nitrogen and oxygen atoms in total. The lowest BCUT2D eigenvalue weighted by Gasteiger charge is -2.31. The third-order valence-corrected chi connectivity index (χ3v) is 3.42. The first-order valence-corrected chi connectivity index (χ1v) is 7.57. The average molecular weight is 312 g/mol. The van der Waals surface area contributed by atoms with Gasteiger partial charge >= 0.3 is 0 Å². The normalized spacial score (nSPS) is 11.8. The van der Waals surface area contributed by atoms with Gasteiger partial charge in [-0.15, -0.1) is 0 Å². The molecule has 0 saturated heterocycles. The minimum Gasteiger partial charge on any atom is -0.368 e. The second-order valence-corrected chi connectivity index (χ2v) is 6.95. The fourth-order valence-electron chi connectivity index (χ4n) is 2.07. The van der Waals surface area contributed by atoms with Gasteiger partial charge in [-0.25, -0.2) is 0 Å². The molecule has 0 spiro atoms. The summed E-state index contributed by atoms with van der Waals surface area (Å²) in [7, 11) is 0. The fraction of sp³-hybridized carbons (Fsp3) is 0.562. The number of nitrogens with zero attached hydrogens (tertiary/aromatic N) is 1. The number of hydrogen-bond acceptors (Lipinski definition) is 3. The zero-order valence-corrected chi connectivity index (χ0v) is 14.3. The molecule has 0 radical (unpaired) electrons. The van der Waals surface area contributed by atoms with Crippen molar-refractivity contribution < 1.29 is 4.79 Å². The average Bonchev–Trinajstić information content (AvgIpc) is 2.32. The Labute approximate surface area is 132 Å². The fourth-order valence-corrected chi connectivity index (χ4v) is 2.38. The Hall–Kier alpha value is -1.26. The highest BCUT2D eigenvalue weighted by Crippen LogP contribution is 2.31. The quantitative estimate of drug-likeness (QED) is 0.849. The van der Waals surface area contributed by atoms with E-state index in [1.54, 1.807) is 0 Å². The van der Waals surface area contributed by atoms with Gasteiger partial charge in [0.05, 0.1) is 17.3 Å². The summed E-state index contributed by atoms with van der Waals surface area (Å²) in [5.74, 6) is -0.363. The maximum Gasteiger partial charge on any atom is 0.236 e. The molecule has 1 aromatic carbocycles. The van der Waals surface area contributed by atoms with Gasteiger partial charge in [-0.05, 0) is 46.2 Å². The highest BCUT2D eigenvalue weighted by atomic mass is 35.5. The molecule has 0 heterocycles. The van der Waals surface area contributed by atoms with Crippen LogP contribution in [-0.4, -0.2) is 24.0 Å². The minimum atomic E-state index is -0.363. The molecule has 5 heteroatoms. The number of nitrogens with one attached hydrogen (secondary N) is 1. The van der Waals surface area contributed by atoms with Crippen molar-refractivity contribution in [1.29, 1.82) is 0 Å². The summed E-state index contributed by atoms with van der Waals surface area (Å²) >= 11 is 6.38. The van der Waals surface area contributed by atoms with Gasteiger partial charge in [-0.2, -0.15) is 0 Å². The summed E-state index contributed by atoms with van der Waals surface area (Å²) in [4.78, 5) is 13.3. The molecular weight excluding hydrogens is 286 g/mol. The number of carbonyl (C=O) groups is 1. The van der Waals surface area contributed by atoms with Gasteiger partial charge < -0.3 is 16.0 Å². The maximum absolute atomic E-state index is 11.3. The van der Waals surface area contributed by atoms with Crippen LogP contribution in [0.25, 0.3) is 0 Å². The van der Waals surface area contributed by atoms with Gasteiger partial charge in [0, 0.05) is 18.1 Å². The zero-order chi connectivity index (χ0) is 16.2. The van der Waals surface area contributed by atoms with Gasteiger partial charge in [0.2, 0.25) is 5.91 Å². The van der Waals surface area contributed by atoms with Gasteiger partial charge in [-0.3, -0.25) is 4.79 Å². The molecule has 21 heavy (non-hydrogen) atoms. The van der Waals surface area contributed by atoms with E-state index in [0.29, 0.717) is 11.6 Å². The van der Waals surface area contributed by atoms with Gasteiger partial charge in [0.1, 0.15) is 0 Å². The smallest absolute Gasteiger partial charge is 0.236 e. The molecule has 0 unspecified atom stereocenters. The van der Waals surface area contributed by atoms with E-state index in [1.165, 1.54) is 0 Å². The zero-order valence-electron chi connectivity index (χ0n) is 13.5. The number of hydrogen-bond donors (Lipinski definition) is 2. The van der Waals surface area contributed by atoms with Crippen molar-refractivity contribution in [2.24, 2.45) is 5.73 Å². The Morgan fingerprint density at radius 1 is 1.38 bits per heavy atom. The maximum atomic E-state index is 11.3. The monoisotopic (exact) mass is 311 g/mol. The highest BCUT2D eigenvalue weighted by molar-refractivity contribution is 6.33. The molecule has 0 aromatic heterocycles. The van der Waals surface area contributed by atoms with Crippen LogP contribution < -0.4 is 16.0 Å². The summed E-state index contributed by atoms with van der Waals surface area (Å²) in [5.41, 5.74) is 7.32. The lowest BCUT2D eigenvalue weighted by molar-refractivity contribution is -0.116. The number of amides is 1. The number of carbonyl (C=O) groups excluding carboxylic acids is 1. The molecule has 0 aliphatic carbocycles. The van der Waals surface area contributed by atoms with Crippen LogP contribution in [-0.2, 0) is 11.3 Å². The first kappa shape index (κ1) is 17.8. The van der Waals surface area contributed by atoms with Crippen molar-refractivity contribution in [1.82, 2.24) is 5.32 Å². The number of rotatable bonds is 6. The van der Waals surface area contributed by atoms with Crippen LogP contribution in [0.2, 0.25) is 5.02 Å². The molecule has 1 aromatic rings. The van der Waals surface area contributed by atoms with Crippen LogP contribution in [0.1, 0.15) is 40.2 Å². The molecule has 1 rings (SSSR count). The van der Waals surface area contributed by atoms with Crippen LogP contribution in [0.3, 0.4) is 0 Å². The van der Waals surface area contributed by atoms with Gasteiger partial charge in [0.15, 0.2) is 0 Å². The standard InChI is InChI=1S/C16H26ClN3O/c1-11(2)20(10-14(18)21)15-12(7-6-8-13(15)17)9-19-16(3,4)5/h6-8,11,19H,9-10H2,1-5H3,(H2,18,21). The number of anilines is 1. The van der Waals surface area contributed by atoms with E-state index >= 15 is 0 Å². The topological polar surface area (TPSA) is 58.4 Å². The van der Waals surface area contributed by atoms with E-state index in [4.69, 9.17) is 17.3 Å². The number of halogens is 1. The van der Waals surface area contributed by atoms with Crippen LogP contribution in [0.5, 0.6) is 0 Å². The predicted octanol–water partition coefficient (Wildman–Crippen LogP) is 2.93. The third kappa shape index (κ3) is 5.56. The second kappa shape index (κ2) is 7.14. The second-order valence-electron chi connectivity index (χ2n) is 6.54. The Bertz CT molecular complexity index is 495. The molecule has 0 aliphatic heterocycles. The number of benzene rings is 1. The lowest BCUT2D eigenvalue weighted by Crippen LogP contribution is -2.40. The summed E-state index contributed by atoms with van der Waals surface area (Å²) in [5, 5.41) is 4.09. The number of primary amides is 1. The summed E-state index contributed by atoms with van der Waals surface area (Å²) < 4.78 is 0. The van der Waals surface area contributed by atoms with E-state index in [9.17, 15) is 4.79 Å². The SMILES string of the molecule is CC(C)N(CC(N)=O)c1c(Cl)cccc1CNC(C)(C)C. The molecule has 1 amide bonds. The third-order valence-electron chi connectivity index (χ3n) is 3.12. The van der Waals surface area contributed by atoms with Crippen molar-refractivity contribution in [3.05, 3.63) is 28.8 Å². The van der Waals surface area contributed by atoms with E-state index in [0.717, 1.165) is 11.3 Å². The molecule has 3 N–H and O–H groups in total. The molecule has 0 fully saturated rings. The van der Waals surface area contributed by atoms with E-state index in [2.05, 4.69) is 26.1 Å². The molecule has 118 valence electrons. The Kier molecular flexibility index (Phi) is 6.05. The van der Waals surface area contributed by atoms with Crippen LogP contribution in [0.15, 0.2) is 18.2 Å². The summed E-state index contributed by atoms with van der Waals surface area (Å²) in [6.07, 6.45) is 0. The Morgan fingerprint density at radius 3 is 2.48 bits per heavy atom. The van der Waals surface area contributed by atoms with Crippen molar-refractivity contribution >= 4 is 23.2 Å².